The summed E-state index contributed by atoms with van der Waals surface area (Å²) in [4.78, 5) is -0.156. The highest BCUT2D eigenvalue weighted by Crippen LogP contribution is 2.42. The first-order valence-corrected chi connectivity index (χ1v) is 10.3. The lowest BCUT2D eigenvalue weighted by Crippen LogP contribution is -2.47. The van der Waals surface area contributed by atoms with Crippen LogP contribution in [0.15, 0.2) is 47.4 Å². The first kappa shape index (κ1) is 21.5. The summed E-state index contributed by atoms with van der Waals surface area (Å²) in [6.07, 6.45) is -4.30. The van der Waals surface area contributed by atoms with Gasteiger partial charge in [-0.25, -0.2) is 12.8 Å². The molecule has 0 amide bonds. The molecule has 1 unspecified atom stereocenters. The van der Waals surface area contributed by atoms with Crippen molar-refractivity contribution in [3.8, 4) is 0 Å². The molecule has 29 heavy (non-hydrogen) atoms. The van der Waals surface area contributed by atoms with Crippen LogP contribution in [0.5, 0.6) is 0 Å². The van der Waals surface area contributed by atoms with Gasteiger partial charge in [-0.15, -0.1) is 0 Å². The summed E-state index contributed by atoms with van der Waals surface area (Å²) in [6.45, 7) is 0.648. The van der Waals surface area contributed by atoms with Gasteiger partial charge in [-0.05, 0) is 61.2 Å². The molecule has 0 bridgehead atoms. The van der Waals surface area contributed by atoms with Gasteiger partial charge in [0, 0.05) is 6.54 Å². The average Bonchev–Trinajstić information content (AvgIpc) is 2.65. The maximum atomic E-state index is 13.2. The summed E-state index contributed by atoms with van der Waals surface area (Å²) in [5.41, 5.74) is 2.84. The van der Waals surface area contributed by atoms with E-state index in [0.29, 0.717) is 25.3 Å². The average molecular weight is 432 g/mol. The minimum absolute atomic E-state index is 0.00187. The van der Waals surface area contributed by atoms with Crippen molar-refractivity contribution in [2.45, 2.75) is 42.5 Å². The Balaban J connectivity index is 2.12. The number of fused-ring (bicyclic) bond motifs is 1. The van der Waals surface area contributed by atoms with Crippen molar-refractivity contribution in [2.24, 2.45) is 5.73 Å². The van der Waals surface area contributed by atoms with Crippen molar-refractivity contribution in [3.63, 3.8) is 0 Å². The van der Waals surface area contributed by atoms with Crippen LogP contribution < -0.4 is 10.0 Å². The van der Waals surface area contributed by atoms with E-state index in [1.54, 1.807) is 0 Å². The third kappa shape index (κ3) is 3.72. The number of rotatable bonds is 4. The molecule has 0 aliphatic carbocycles. The van der Waals surface area contributed by atoms with Gasteiger partial charge in [-0.3, -0.25) is 4.31 Å². The molecule has 0 saturated heterocycles. The van der Waals surface area contributed by atoms with E-state index in [1.807, 2.05) is 0 Å². The number of sulfonamides is 1. The van der Waals surface area contributed by atoms with Gasteiger partial charge in [-0.1, -0.05) is 12.1 Å². The monoisotopic (exact) mass is 432 g/mol. The number of halogens is 4. The van der Waals surface area contributed by atoms with Crippen molar-refractivity contribution >= 4 is 15.7 Å². The Morgan fingerprint density at radius 3 is 2.34 bits per heavy atom. The molecule has 5 nitrogen and oxygen atoms in total. The second kappa shape index (κ2) is 7.26. The normalized spacial score (nSPS) is 19.6. The molecule has 0 radical (unpaired) electrons. The number of hydrogen-bond acceptors (Lipinski definition) is 4. The van der Waals surface area contributed by atoms with Crippen molar-refractivity contribution in [1.29, 1.82) is 0 Å². The van der Waals surface area contributed by atoms with Crippen LogP contribution in [-0.2, 0) is 22.0 Å². The molecule has 0 saturated carbocycles. The summed E-state index contributed by atoms with van der Waals surface area (Å²) < 4.78 is 80.2. The van der Waals surface area contributed by atoms with Crippen LogP contribution in [0.2, 0.25) is 0 Å². The molecule has 2 aromatic carbocycles. The molecule has 0 fully saturated rings. The number of alkyl halides is 3. The number of aryl methyl sites for hydroxylation is 1. The molecule has 2 aromatic rings. The number of nitrogens with two attached hydrogens (primary N) is 1. The Kier molecular flexibility index (Phi) is 5.39. The molecular weight excluding hydrogens is 412 g/mol. The highest BCUT2D eigenvalue weighted by Gasteiger charge is 2.51. The van der Waals surface area contributed by atoms with E-state index in [9.17, 15) is 31.1 Å². The van der Waals surface area contributed by atoms with Gasteiger partial charge in [0.15, 0.2) is 5.60 Å². The van der Waals surface area contributed by atoms with E-state index in [0.717, 1.165) is 34.6 Å². The SMILES string of the molecule is CC(O)(c1ccc2c(c1)CC[C@@H](CN)N2S(=O)(=O)c1ccc(F)cc1)C(F)(F)F. The number of benzene rings is 2. The van der Waals surface area contributed by atoms with E-state index < -0.39 is 33.7 Å². The van der Waals surface area contributed by atoms with Crippen LogP contribution in [-0.4, -0.2) is 32.3 Å². The van der Waals surface area contributed by atoms with E-state index in [1.165, 1.54) is 12.1 Å². The minimum atomic E-state index is -4.89. The standard InChI is InChI=1S/C19H20F4N2O3S/c1-18(26,19(21,22)23)13-3-9-17-12(10-13)2-6-15(11-24)25(17)29(27,28)16-7-4-14(20)5-8-16/h3-5,7-10,15,26H,2,6,11,24H2,1H3/t15-,18?/m0/s1. The minimum Gasteiger partial charge on any atom is -0.376 e. The lowest BCUT2D eigenvalue weighted by molar-refractivity contribution is -0.258. The zero-order valence-corrected chi connectivity index (χ0v) is 16.3. The highest BCUT2D eigenvalue weighted by molar-refractivity contribution is 7.92. The molecule has 158 valence electrons. The summed E-state index contributed by atoms with van der Waals surface area (Å²) in [7, 11) is -4.13. The predicted octanol–water partition coefficient (Wildman–Crippen LogP) is 3.06. The van der Waals surface area contributed by atoms with Gasteiger partial charge < -0.3 is 10.8 Å². The zero-order valence-electron chi connectivity index (χ0n) is 15.4. The van der Waals surface area contributed by atoms with Gasteiger partial charge in [0.1, 0.15) is 5.82 Å². The van der Waals surface area contributed by atoms with Crippen molar-refractivity contribution in [1.82, 2.24) is 0 Å². The second-order valence-corrected chi connectivity index (χ2v) is 8.91. The van der Waals surface area contributed by atoms with Crippen LogP contribution in [0.4, 0.5) is 23.2 Å². The molecule has 2 atom stereocenters. The zero-order chi connectivity index (χ0) is 21.6. The fraction of sp³-hybridized carbons (Fsp3) is 0.368. The molecule has 1 heterocycles. The van der Waals surface area contributed by atoms with Crippen LogP contribution >= 0.6 is 0 Å². The molecule has 0 aromatic heterocycles. The number of anilines is 1. The number of hydrogen-bond donors (Lipinski definition) is 2. The van der Waals surface area contributed by atoms with Gasteiger partial charge in [-0.2, -0.15) is 13.2 Å². The Morgan fingerprint density at radius 2 is 1.79 bits per heavy atom. The van der Waals surface area contributed by atoms with Crippen LogP contribution in [0.1, 0.15) is 24.5 Å². The second-order valence-electron chi connectivity index (χ2n) is 7.10. The first-order chi connectivity index (χ1) is 13.4. The van der Waals surface area contributed by atoms with Gasteiger partial charge >= 0.3 is 6.18 Å². The summed E-state index contributed by atoms with van der Waals surface area (Å²) in [5, 5.41) is 9.94. The summed E-state index contributed by atoms with van der Waals surface area (Å²) in [5.74, 6) is -0.600. The van der Waals surface area contributed by atoms with E-state index in [2.05, 4.69) is 0 Å². The molecule has 1 aliphatic rings. The van der Waals surface area contributed by atoms with E-state index in [-0.39, 0.29) is 22.7 Å². The fourth-order valence-corrected chi connectivity index (χ4v) is 5.09. The van der Waals surface area contributed by atoms with Crippen LogP contribution in [0.25, 0.3) is 0 Å². The molecule has 10 heteroatoms. The number of aliphatic hydroxyl groups is 1. The molecule has 0 spiro atoms. The Hall–Kier alpha value is -2.17. The highest BCUT2D eigenvalue weighted by atomic mass is 32.2. The van der Waals surface area contributed by atoms with E-state index >= 15 is 0 Å². The lowest BCUT2D eigenvalue weighted by Gasteiger charge is -2.38. The maximum Gasteiger partial charge on any atom is 0.421 e. The first-order valence-electron chi connectivity index (χ1n) is 8.82. The van der Waals surface area contributed by atoms with E-state index in [4.69, 9.17) is 5.73 Å². The summed E-state index contributed by atoms with van der Waals surface area (Å²) in [6, 6.07) is 7.13. The molecule has 3 rings (SSSR count). The third-order valence-electron chi connectivity index (χ3n) is 5.15. The summed E-state index contributed by atoms with van der Waals surface area (Å²) >= 11 is 0. The van der Waals surface area contributed by atoms with Gasteiger partial charge in [0.25, 0.3) is 10.0 Å². The quantitative estimate of drug-likeness (QED) is 0.728. The van der Waals surface area contributed by atoms with Crippen molar-refractivity contribution < 1.29 is 31.1 Å². The predicted molar refractivity (Wildman–Crippen MR) is 99.3 cm³/mol. The van der Waals surface area contributed by atoms with Crippen LogP contribution in [0, 0.1) is 5.82 Å². The Bertz CT molecular complexity index is 1010. The van der Waals surface area contributed by atoms with Gasteiger partial charge in [0.05, 0.1) is 16.6 Å². The third-order valence-corrected chi connectivity index (χ3v) is 7.03. The topological polar surface area (TPSA) is 83.6 Å². The largest absolute Gasteiger partial charge is 0.421 e. The van der Waals surface area contributed by atoms with Crippen LogP contribution in [0.3, 0.4) is 0 Å². The number of nitrogens with zero attached hydrogens (tertiary/aromatic N) is 1. The van der Waals surface area contributed by atoms with Gasteiger partial charge in [0.2, 0.25) is 0 Å². The Morgan fingerprint density at radius 1 is 1.17 bits per heavy atom. The molecule has 1 aliphatic heterocycles. The smallest absolute Gasteiger partial charge is 0.376 e. The van der Waals surface area contributed by atoms with Crippen molar-refractivity contribution in [2.75, 3.05) is 10.8 Å². The Labute approximate surface area is 165 Å². The van der Waals surface area contributed by atoms with Crippen molar-refractivity contribution in [3.05, 3.63) is 59.4 Å². The maximum absolute atomic E-state index is 13.2. The lowest BCUT2D eigenvalue weighted by atomic mass is 9.89. The molecular formula is C19H20F4N2O3S. The fourth-order valence-electron chi connectivity index (χ4n) is 3.36. The molecule has 3 N–H and O–H groups in total.